The molecule has 0 spiro atoms. The van der Waals surface area contributed by atoms with Crippen molar-refractivity contribution in [2.45, 2.75) is 58.3 Å². The fourth-order valence-electron chi connectivity index (χ4n) is 2.04. The van der Waals surface area contributed by atoms with E-state index in [9.17, 15) is 0 Å². The van der Waals surface area contributed by atoms with Gasteiger partial charge in [-0.1, -0.05) is 64.5 Å². The van der Waals surface area contributed by atoms with E-state index < -0.39 is 0 Å². The number of benzene rings is 1. The Morgan fingerprint density at radius 3 is 1.85 bits per heavy atom. The standard InChI is InChI=1S/C18H29O2/c1-3-5-7-11-15-19-17-13-9-10-14-18(17)20-16-12-8-6-4-2/h9-10,13-14H,1,3-8,11-12,15-16H2,2H3. The lowest BCUT2D eigenvalue weighted by molar-refractivity contribution is 0.259. The number of ether oxygens (including phenoxy) is 2. The van der Waals surface area contributed by atoms with E-state index in [-0.39, 0.29) is 0 Å². The highest BCUT2D eigenvalue weighted by molar-refractivity contribution is 5.39. The first-order chi connectivity index (χ1) is 9.88. The number of hydrogen-bond acceptors (Lipinski definition) is 2. The largest absolute Gasteiger partial charge is 0.490 e. The maximum atomic E-state index is 5.83. The number of para-hydroxylation sites is 2. The van der Waals surface area contributed by atoms with E-state index in [4.69, 9.17) is 9.47 Å². The third kappa shape index (κ3) is 7.42. The molecule has 0 heterocycles. The van der Waals surface area contributed by atoms with Gasteiger partial charge in [0.05, 0.1) is 13.2 Å². The Hall–Kier alpha value is -1.18. The van der Waals surface area contributed by atoms with Crippen LogP contribution in [0.4, 0.5) is 0 Å². The fourth-order valence-corrected chi connectivity index (χ4v) is 2.04. The van der Waals surface area contributed by atoms with E-state index in [1.165, 1.54) is 32.1 Å². The van der Waals surface area contributed by atoms with Crippen LogP contribution in [0.25, 0.3) is 0 Å². The highest BCUT2D eigenvalue weighted by Gasteiger charge is 2.03. The van der Waals surface area contributed by atoms with Gasteiger partial charge in [-0.05, 0) is 25.0 Å². The molecule has 2 heteroatoms. The summed E-state index contributed by atoms with van der Waals surface area (Å²) in [6, 6.07) is 7.97. The van der Waals surface area contributed by atoms with Gasteiger partial charge >= 0.3 is 0 Å². The van der Waals surface area contributed by atoms with Crippen molar-refractivity contribution in [3.63, 3.8) is 0 Å². The molecule has 0 saturated carbocycles. The second kappa shape index (κ2) is 11.6. The van der Waals surface area contributed by atoms with Crippen molar-refractivity contribution in [3.8, 4) is 11.5 Å². The van der Waals surface area contributed by atoms with Gasteiger partial charge in [-0.25, -0.2) is 0 Å². The van der Waals surface area contributed by atoms with Gasteiger partial charge in [-0.3, -0.25) is 0 Å². The van der Waals surface area contributed by atoms with E-state index in [1.54, 1.807) is 0 Å². The molecule has 0 aromatic heterocycles. The zero-order valence-electron chi connectivity index (χ0n) is 12.9. The predicted molar refractivity (Wildman–Crippen MR) is 85.4 cm³/mol. The van der Waals surface area contributed by atoms with Crippen LogP contribution >= 0.6 is 0 Å². The van der Waals surface area contributed by atoms with E-state index in [2.05, 4.69) is 13.8 Å². The molecular formula is C18H29O2. The van der Waals surface area contributed by atoms with Crippen LogP contribution in [0.2, 0.25) is 0 Å². The van der Waals surface area contributed by atoms with Crippen LogP contribution in [-0.4, -0.2) is 13.2 Å². The van der Waals surface area contributed by atoms with Gasteiger partial charge in [0.25, 0.3) is 0 Å². The smallest absolute Gasteiger partial charge is 0.161 e. The molecule has 0 unspecified atom stereocenters. The van der Waals surface area contributed by atoms with Crippen LogP contribution in [0.5, 0.6) is 11.5 Å². The molecule has 0 fully saturated rings. The Bertz CT molecular complexity index is 303. The summed E-state index contributed by atoms with van der Waals surface area (Å²) in [7, 11) is 0. The van der Waals surface area contributed by atoms with E-state index >= 15 is 0 Å². The highest BCUT2D eigenvalue weighted by atomic mass is 16.5. The molecule has 0 saturated heterocycles. The average molecular weight is 277 g/mol. The minimum atomic E-state index is 0.760. The molecule has 1 aromatic rings. The minimum Gasteiger partial charge on any atom is -0.490 e. The molecule has 1 rings (SSSR count). The summed E-state index contributed by atoms with van der Waals surface area (Å²) < 4.78 is 11.6. The maximum Gasteiger partial charge on any atom is 0.161 e. The summed E-state index contributed by atoms with van der Waals surface area (Å²) in [6.45, 7) is 7.61. The van der Waals surface area contributed by atoms with Gasteiger partial charge in [0, 0.05) is 0 Å². The average Bonchev–Trinajstić information content (AvgIpc) is 2.48. The molecule has 0 amide bonds. The van der Waals surface area contributed by atoms with Crippen molar-refractivity contribution in [3.05, 3.63) is 31.2 Å². The van der Waals surface area contributed by atoms with Gasteiger partial charge in [0.1, 0.15) is 0 Å². The normalized spacial score (nSPS) is 10.5. The topological polar surface area (TPSA) is 18.5 Å². The van der Waals surface area contributed by atoms with Crippen molar-refractivity contribution in [1.29, 1.82) is 0 Å². The van der Waals surface area contributed by atoms with E-state index in [1.807, 2.05) is 24.3 Å². The maximum absolute atomic E-state index is 5.83. The summed E-state index contributed by atoms with van der Waals surface area (Å²) in [5.74, 6) is 1.75. The Morgan fingerprint density at radius 2 is 1.35 bits per heavy atom. The number of unbranched alkanes of at least 4 members (excludes halogenated alkanes) is 6. The Labute approximate surface area is 124 Å². The molecule has 0 aliphatic rings. The Kier molecular flexibility index (Phi) is 9.81. The van der Waals surface area contributed by atoms with Gasteiger partial charge in [0.2, 0.25) is 0 Å². The second-order valence-electron chi connectivity index (χ2n) is 5.12. The SMILES string of the molecule is [CH2]CCCCCOc1ccccc1OCCCCCC. The first-order valence-corrected chi connectivity index (χ1v) is 8.02. The lowest BCUT2D eigenvalue weighted by Gasteiger charge is -2.12. The van der Waals surface area contributed by atoms with Crippen molar-refractivity contribution >= 4 is 0 Å². The first-order valence-electron chi connectivity index (χ1n) is 8.02. The summed E-state index contributed by atoms with van der Waals surface area (Å²) in [4.78, 5) is 0. The number of rotatable bonds is 12. The third-order valence-corrected chi connectivity index (χ3v) is 3.26. The van der Waals surface area contributed by atoms with E-state index in [0.29, 0.717) is 0 Å². The molecule has 1 radical (unpaired) electrons. The van der Waals surface area contributed by atoms with Crippen LogP contribution in [0.3, 0.4) is 0 Å². The summed E-state index contributed by atoms with van der Waals surface area (Å²) in [6.07, 6.45) is 9.36. The molecule has 2 nitrogen and oxygen atoms in total. The molecule has 0 N–H and O–H groups in total. The Balaban J connectivity index is 2.27. The number of hydrogen-bond donors (Lipinski definition) is 0. The van der Waals surface area contributed by atoms with Gasteiger partial charge in [0.15, 0.2) is 11.5 Å². The molecular weight excluding hydrogens is 248 g/mol. The quantitative estimate of drug-likeness (QED) is 0.475. The van der Waals surface area contributed by atoms with Crippen molar-refractivity contribution in [2.24, 2.45) is 0 Å². The molecule has 113 valence electrons. The zero-order valence-corrected chi connectivity index (χ0v) is 12.9. The Morgan fingerprint density at radius 1 is 0.800 bits per heavy atom. The molecule has 0 atom stereocenters. The summed E-state index contributed by atoms with van der Waals surface area (Å²) >= 11 is 0. The van der Waals surface area contributed by atoms with Gasteiger partial charge in [-0.15, -0.1) is 0 Å². The highest BCUT2D eigenvalue weighted by Crippen LogP contribution is 2.26. The van der Waals surface area contributed by atoms with Gasteiger partial charge < -0.3 is 9.47 Å². The van der Waals surface area contributed by atoms with Crippen LogP contribution in [0.1, 0.15) is 58.3 Å². The first kappa shape index (κ1) is 16.9. The third-order valence-electron chi connectivity index (χ3n) is 3.26. The van der Waals surface area contributed by atoms with Crippen LogP contribution in [0, 0.1) is 6.92 Å². The molecule has 0 aliphatic heterocycles. The fraction of sp³-hybridized carbons (Fsp3) is 0.611. The van der Waals surface area contributed by atoms with Crippen molar-refractivity contribution in [1.82, 2.24) is 0 Å². The summed E-state index contributed by atoms with van der Waals surface area (Å²) in [5, 5.41) is 0. The van der Waals surface area contributed by atoms with Crippen LogP contribution in [0.15, 0.2) is 24.3 Å². The lowest BCUT2D eigenvalue weighted by atomic mass is 10.2. The zero-order chi connectivity index (χ0) is 14.5. The lowest BCUT2D eigenvalue weighted by Crippen LogP contribution is -2.02. The van der Waals surface area contributed by atoms with Crippen molar-refractivity contribution in [2.75, 3.05) is 13.2 Å². The van der Waals surface area contributed by atoms with Crippen LogP contribution < -0.4 is 9.47 Å². The minimum absolute atomic E-state index is 0.760. The predicted octanol–water partition coefficient (Wildman–Crippen LogP) is 5.42. The molecule has 0 aliphatic carbocycles. The summed E-state index contributed by atoms with van der Waals surface area (Å²) in [5.41, 5.74) is 0. The molecule has 0 bridgehead atoms. The monoisotopic (exact) mass is 277 g/mol. The molecule has 20 heavy (non-hydrogen) atoms. The second-order valence-corrected chi connectivity index (χ2v) is 5.12. The van der Waals surface area contributed by atoms with E-state index in [0.717, 1.165) is 44.0 Å². The van der Waals surface area contributed by atoms with Crippen LogP contribution in [-0.2, 0) is 0 Å². The van der Waals surface area contributed by atoms with Gasteiger partial charge in [-0.2, -0.15) is 0 Å². The molecule has 1 aromatic carbocycles. The van der Waals surface area contributed by atoms with Crippen molar-refractivity contribution < 1.29 is 9.47 Å².